The minimum Gasteiger partial charge on any atom is -0.497 e. The fraction of sp³-hybridized carbons (Fsp3) is 0.382. The molecule has 0 radical (unpaired) electrons. The molecule has 0 aromatic heterocycles. The first-order chi connectivity index (χ1) is 20.9. The lowest BCUT2D eigenvalue weighted by atomic mass is 9.96. The first-order valence-corrected chi connectivity index (χ1v) is 14.7. The maximum Gasteiger partial charge on any atom is 0.262 e. The van der Waals surface area contributed by atoms with Crippen molar-refractivity contribution in [3.8, 4) is 11.5 Å². The van der Waals surface area contributed by atoms with Gasteiger partial charge in [0, 0.05) is 43.7 Å². The van der Waals surface area contributed by atoms with Crippen LogP contribution in [0.2, 0.25) is 0 Å². The lowest BCUT2D eigenvalue weighted by Crippen LogP contribution is -2.46. The van der Waals surface area contributed by atoms with Gasteiger partial charge in [-0.2, -0.15) is 5.10 Å². The van der Waals surface area contributed by atoms with Gasteiger partial charge in [0.15, 0.2) is 0 Å². The molecule has 2 heterocycles. The quantitative estimate of drug-likeness (QED) is 0.350. The Morgan fingerprint density at radius 2 is 1.70 bits per heavy atom. The molecule has 0 aliphatic carbocycles. The van der Waals surface area contributed by atoms with Gasteiger partial charge in [-0.25, -0.2) is 5.01 Å². The van der Waals surface area contributed by atoms with Crippen molar-refractivity contribution in [2.45, 2.75) is 26.3 Å². The molecule has 2 aliphatic rings. The van der Waals surface area contributed by atoms with Crippen LogP contribution in [0.25, 0.3) is 0 Å². The van der Waals surface area contributed by atoms with E-state index in [2.05, 4.69) is 36.9 Å². The van der Waals surface area contributed by atoms with Gasteiger partial charge in [-0.05, 0) is 66.9 Å². The van der Waals surface area contributed by atoms with Crippen LogP contribution in [-0.4, -0.2) is 92.5 Å². The number of ether oxygens (including phenoxy) is 3. The zero-order valence-corrected chi connectivity index (χ0v) is 25.4. The molecule has 0 unspecified atom stereocenters. The van der Waals surface area contributed by atoms with Crippen LogP contribution in [0.1, 0.15) is 45.1 Å². The van der Waals surface area contributed by atoms with Gasteiger partial charge in [-0.3, -0.25) is 14.5 Å². The zero-order chi connectivity index (χ0) is 30.3. The molecule has 9 nitrogen and oxygen atoms in total. The largest absolute Gasteiger partial charge is 0.497 e. The lowest BCUT2D eigenvalue weighted by Gasteiger charge is -2.31. The zero-order valence-electron chi connectivity index (χ0n) is 25.4. The molecule has 226 valence electrons. The summed E-state index contributed by atoms with van der Waals surface area (Å²) in [5, 5.41) is 6.43. The average Bonchev–Trinajstić information content (AvgIpc) is 3.50. The molecule has 43 heavy (non-hydrogen) atoms. The molecule has 0 N–H and O–H groups in total. The van der Waals surface area contributed by atoms with Gasteiger partial charge in [-0.15, -0.1) is 0 Å². The fourth-order valence-electron chi connectivity index (χ4n) is 5.51. The summed E-state index contributed by atoms with van der Waals surface area (Å²) in [4.78, 5) is 31.8. The smallest absolute Gasteiger partial charge is 0.262 e. The Morgan fingerprint density at radius 3 is 2.40 bits per heavy atom. The van der Waals surface area contributed by atoms with Crippen molar-refractivity contribution in [1.29, 1.82) is 0 Å². The van der Waals surface area contributed by atoms with Crippen LogP contribution in [0.5, 0.6) is 11.5 Å². The van der Waals surface area contributed by atoms with Crippen molar-refractivity contribution < 1.29 is 23.8 Å². The number of amides is 2. The Hall–Kier alpha value is -4.21. The van der Waals surface area contributed by atoms with E-state index < -0.39 is 0 Å². The molecule has 2 aliphatic heterocycles. The third-order valence-corrected chi connectivity index (χ3v) is 8.24. The number of benzene rings is 3. The summed E-state index contributed by atoms with van der Waals surface area (Å²) in [6, 6.07) is 20.6. The van der Waals surface area contributed by atoms with Gasteiger partial charge < -0.3 is 19.1 Å². The number of hydrazone groups is 1. The molecule has 0 spiro atoms. The van der Waals surface area contributed by atoms with E-state index in [0.29, 0.717) is 49.8 Å². The molecule has 2 amide bonds. The van der Waals surface area contributed by atoms with Crippen LogP contribution >= 0.6 is 0 Å². The van der Waals surface area contributed by atoms with Gasteiger partial charge in [0.1, 0.15) is 18.0 Å². The van der Waals surface area contributed by atoms with Gasteiger partial charge in [0.2, 0.25) is 0 Å². The van der Waals surface area contributed by atoms with E-state index in [4.69, 9.17) is 19.3 Å². The predicted molar refractivity (Wildman–Crippen MR) is 166 cm³/mol. The first kappa shape index (κ1) is 30.3. The first-order valence-electron chi connectivity index (χ1n) is 14.7. The molecule has 1 fully saturated rings. The van der Waals surface area contributed by atoms with E-state index in [1.807, 2.05) is 24.3 Å². The Bertz CT molecular complexity index is 1470. The van der Waals surface area contributed by atoms with Crippen molar-refractivity contribution in [2.75, 3.05) is 60.2 Å². The SMILES string of the molecule is COc1ccc(C(=O)N(CCN2CCOCC2)CC(=O)N2N=C(c3ccc(C)c(C)c3)C[C@H]2c2ccccc2OC)cc1. The molecular formula is C34H40N4O5. The summed E-state index contributed by atoms with van der Waals surface area (Å²) in [6.07, 6.45) is 0.537. The second-order valence-corrected chi connectivity index (χ2v) is 11.0. The monoisotopic (exact) mass is 584 g/mol. The van der Waals surface area contributed by atoms with E-state index in [-0.39, 0.29) is 24.4 Å². The number of rotatable bonds is 10. The Balaban J connectivity index is 1.44. The van der Waals surface area contributed by atoms with Crippen LogP contribution in [0, 0.1) is 13.8 Å². The highest BCUT2D eigenvalue weighted by Gasteiger charge is 2.36. The standard InChI is InChI=1S/C34H40N4O5/c1-24-9-10-27(21-25(24)2)30-22-31(29-7-5-6-8-32(29)42-4)38(35-30)33(39)23-37(16-15-36-17-19-43-20-18-36)34(40)26-11-13-28(41-3)14-12-26/h5-14,21,31H,15-20,22-23H2,1-4H3/t31-/m0/s1. The molecule has 9 heteroatoms. The summed E-state index contributed by atoms with van der Waals surface area (Å²) in [5.74, 6) is 0.895. The van der Waals surface area contributed by atoms with Crippen LogP contribution in [0.15, 0.2) is 71.8 Å². The summed E-state index contributed by atoms with van der Waals surface area (Å²) < 4.78 is 16.4. The van der Waals surface area contributed by atoms with Gasteiger partial charge in [0.25, 0.3) is 11.8 Å². The van der Waals surface area contributed by atoms with Crippen LogP contribution in [0.4, 0.5) is 0 Å². The number of para-hydroxylation sites is 1. The molecule has 0 saturated carbocycles. The van der Waals surface area contributed by atoms with Crippen LogP contribution < -0.4 is 9.47 Å². The second-order valence-electron chi connectivity index (χ2n) is 11.0. The molecule has 5 rings (SSSR count). The Morgan fingerprint density at radius 1 is 0.953 bits per heavy atom. The summed E-state index contributed by atoms with van der Waals surface area (Å²) in [5.41, 5.74) is 5.55. The van der Waals surface area contributed by atoms with E-state index in [9.17, 15) is 9.59 Å². The Labute approximate surface area is 253 Å². The van der Waals surface area contributed by atoms with E-state index in [0.717, 1.165) is 35.5 Å². The normalized spacial score (nSPS) is 17.0. The van der Waals surface area contributed by atoms with Crippen molar-refractivity contribution in [3.05, 3.63) is 94.5 Å². The van der Waals surface area contributed by atoms with Gasteiger partial charge in [-0.1, -0.05) is 30.3 Å². The van der Waals surface area contributed by atoms with Crippen LogP contribution in [0.3, 0.4) is 0 Å². The van der Waals surface area contributed by atoms with Crippen molar-refractivity contribution in [2.24, 2.45) is 5.10 Å². The van der Waals surface area contributed by atoms with Crippen molar-refractivity contribution in [1.82, 2.24) is 14.8 Å². The molecule has 0 bridgehead atoms. The minimum atomic E-state index is -0.363. The van der Waals surface area contributed by atoms with Crippen molar-refractivity contribution >= 4 is 17.5 Å². The molecule has 3 aromatic carbocycles. The van der Waals surface area contributed by atoms with Crippen molar-refractivity contribution in [3.63, 3.8) is 0 Å². The third kappa shape index (κ3) is 7.06. The number of carbonyl (C=O) groups is 2. The number of hydrogen-bond acceptors (Lipinski definition) is 7. The second kappa shape index (κ2) is 13.8. The number of hydrogen-bond donors (Lipinski definition) is 0. The maximum absolute atomic E-state index is 14.2. The number of methoxy groups -OCH3 is 2. The minimum absolute atomic E-state index is 0.107. The Kier molecular flexibility index (Phi) is 9.74. The number of morpholine rings is 1. The fourth-order valence-corrected chi connectivity index (χ4v) is 5.51. The number of nitrogens with zero attached hydrogens (tertiary/aromatic N) is 4. The molecular weight excluding hydrogens is 544 g/mol. The van der Waals surface area contributed by atoms with E-state index in [1.165, 1.54) is 5.56 Å². The van der Waals surface area contributed by atoms with E-state index in [1.54, 1.807) is 48.4 Å². The highest BCUT2D eigenvalue weighted by Crippen LogP contribution is 2.37. The maximum atomic E-state index is 14.2. The third-order valence-electron chi connectivity index (χ3n) is 8.24. The molecule has 1 saturated heterocycles. The van der Waals surface area contributed by atoms with Gasteiger partial charge >= 0.3 is 0 Å². The molecule has 1 atom stereocenters. The van der Waals surface area contributed by atoms with Crippen LogP contribution in [-0.2, 0) is 9.53 Å². The summed E-state index contributed by atoms with van der Waals surface area (Å²) in [6.45, 7) is 8.01. The topological polar surface area (TPSA) is 83.9 Å². The highest BCUT2D eigenvalue weighted by atomic mass is 16.5. The van der Waals surface area contributed by atoms with Gasteiger partial charge in [0.05, 0.1) is 39.2 Å². The van der Waals surface area contributed by atoms with E-state index >= 15 is 0 Å². The lowest BCUT2D eigenvalue weighted by molar-refractivity contribution is -0.133. The summed E-state index contributed by atoms with van der Waals surface area (Å²) >= 11 is 0. The number of aryl methyl sites for hydroxylation is 2. The molecule has 3 aromatic rings. The number of carbonyl (C=O) groups excluding carboxylic acids is 2. The summed E-state index contributed by atoms with van der Waals surface area (Å²) in [7, 11) is 3.22. The highest BCUT2D eigenvalue weighted by molar-refractivity contribution is 6.04. The average molecular weight is 585 g/mol. The predicted octanol–water partition coefficient (Wildman–Crippen LogP) is 4.47.